The van der Waals surface area contributed by atoms with Crippen LogP contribution in [-0.4, -0.2) is 0 Å². The number of alkyl halides is 6. The first-order valence-corrected chi connectivity index (χ1v) is 6.37. The average molecular weight is 329 g/mol. The van der Waals surface area contributed by atoms with Crippen LogP contribution < -0.4 is 0 Å². The van der Waals surface area contributed by atoms with Crippen LogP contribution in [-0.2, 0) is 18.8 Å². The summed E-state index contributed by atoms with van der Waals surface area (Å²) < 4.78 is 76.8. The van der Waals surface area contributed by atoms with Crippen LogP contribution in [0.15, 0.2) is 42.5 Å². The molecule has 1 nitrogen and oxygen atoms in total. The van der Waals surface area contributed by atoms with E-state index in [1.165, 1.54) is 6.07 Å². The number of nitriles is 1. The van der Waals surface area contributed by atoms with Gasteiger partial charge in [0.25, 0.3) is 0 Å². The number of halogens is 6. The Kier molecular flexibility index (Phi) is 4.37. The van der Waals surface area contributed by atoms with Crippen LogP contribution in [0.3, 0.4) is 0 Å². The smallest absolute Gasteiger partial charge is 0.198 e. The number of nitrogens with zero attached hydrogens (tertiary/aromatic N) is 1. The third-order valence-electron chi connectivity index (χ3n) is 3.21. The van der Waals surface area contributed by atoms with Gasteiger partial charge in [0, 0.05) is 0 Å². The van der Waals surface area contributed by atoms with E-state index >= 15 is 0 Å². The molecule has 2 aromatic carbocycles. The van der Waals surface area contributed by atoms with E-state index in [1.54, 1.807) is 6.07 Å². The Labute approximate surface area is 127 Å². The molecule has 0 atom stereocenters. The molecule has 0 fully saturated rings. The van der Waals surface area contributed by atoms with Gasteiger partial charge in [0.05, 0.1) is 23.6 Å². The Bertz CT molecular complexity index is 752. The molecule has 0 heterocycles. The lowest BCUT2D eigenvalue weighted by molar-refractivity contribution is -0.138. The minimum absolute atomic E-state index is 0.0174. The first kappa shape index (κ1) is 16.9. The van der Waals surface area contributed by atoms with Crippen LogP contribution in [0.5, 0.6) is 0 Å². The van der Waals surface area contributed by atoms with Crippen LogP contribution in [0, 0.1) is 11.3 Å². The molecular weight excluding hydrogens is 320 g/mol. The summed E-state index contributed by atoms with van der Waals surface area (Å²) in [4.78, 5) is 0. The average Bonchev–Trinajstić information content (AvgIpc) is 2.46. The number of benzene rings is 2. The first-order chi connectivity index (χ1) is 10.6. The van der Waals surface area contributed by atoms with Crippen molar-refractivity contribution in [3.63, 3.8) is 0 Å². The van der Waals surface area contributed by atoms with Gasteiger partial charge in [-0.15, -0.1) is 0 Å². The standard InChI is InChI=1S/C16H9F6N/c17-15(18,19)12-3-1-2-11(8-12)14-9-13(16(20,21)22)5-4-10(14)6-7-23/h1-5,8-9H,6H2. The molecule has 7 heteroatoms. The van der Waals surface area contributed by atoms with Crippen molar-refractivity contribution in [2.24, 2.45) is 0 Å². The molecule has 0 amide bonds. The fourth-order valence-corrected chi connectivity index (χ4v) is 2.12. The van der Waals surface area contributed by atoms with Crippen molar-refractivity contribution in [1.29, 1.82) is 5.26 Å². The highest BCUT2D eigenvalue weighted by molar-refractivity contribution is 5.69. The zero-order chi connectivity index (χ0) is 17.3. The van der Waals surface area contributed by atoms with Crippen molar-refractivity contribution in [3.05, 3.63) is 59.2 Å². The quantitative estimate of drug-likeness (QED) is 0.671. The van der Waals surface area contributed by atoms with Crippen LogP contribution in [0.2, 0.25) is 0 Å². The minimum atomic E-state index is -4.62. The summed E-state index contributed by atoms with van der Waals surface area (Å²) in [5, 5.41) is 8.75. The van der Waals surface area contributed by atoms with Gasteiger partial charge in [-0.3, -0.25) is 0 Å². The maximum absolute atomic E-state index is 12.8. The summed E-state index contributed by atoms with van der Waals surface area (Å²) in [6.07, 6.45) is -9.43. The molecule has 0 aliphatic heterocycles. The summed E-state index contributed by atoms with van der Waals surface area (Å²) in [5.74, 6) is 0. The van der Waals surface area contributed by atoms with Gasteiger partial charge in [-0.05, 0) is 41.0 Å². The highest BCUT2D eigenvalue weighted by Gasteiger charge is 2.32. The summed E-state index contributed by atoms with van der Waals surface area (Å²) in [7, 11) is 0. The van der Waals surface area contributed by atoms with Crippen molar-refractivity contribution in [2.75, 3.05) is 0 Å². The molecule has 2 aromatic rings. The Balaban J connectivity index is 2.63. The van der Waals surface area contributed by atoms with Gasteiger partial charge in [-0.1, -0.05) is 18.2 Å². The molecule has 0 bridgehead atoms. The van der Waals surface area contributed by atoms with Gasteiger partial charge < -0.3 is 0 Å². The Morgan fingerprint density at radius 3 is 2.00 bits per heavy atom. The normalized spacial score (nSPS) is 12.0. The van der Waals surface area contributed by atoms with E-state index in [2.05, 4.69) is 0 Å². The molecule has 0 spiro atoms. The zero-order valence-corrected chi connectivity index (χ0v) is 11.5. The Morgan fingerprint density at radius 1 is 0.826 bits per heavy atom. The molecule has 0 saturated carbocycles. The molecule has 0 aliphatic rings. The van der Waals surface area contributed by atoms with Gasteiger partial charge >= 0.3 is 12.4 Å². The number of rotatable bonds is 2. The van der Waals surface area contributed by atoms with Crippen molar-refractivity contribution in [2.45, 2.75) is 18.8 Å². The minimum Gasteiger partial charge on any atom is -0.198 e. The van der Waals surface area contributed by atoms with Gasteiger partial charge in [-0.25, -0.2) is 0 Å². The van der Waals surface area contributed by atoms with Crippen LogP contribution >= 0.6 is 0 Å². The fraction of sp³-hybridized carbons (Fsp3) is 0.188. The highest BCUT2D eigenvalue weighted by Crippen LogP contribution is 2.36. The second-order valence-corrected chi connectivity index (χ2v) is 4.78. The van der Waals surface area contributed by atoms with Crippen molar-refractivity contribution in [1.82, 2.24) is 0 Å². The van der Waals surface area contributed by atoms with Crippen LogP contribution in [0.4, 0.5) is 26.3 Å². The van der Waals surface area contributed by atoms with E-state index in [4.69, 9.17) is 5.26 Å². The van der Waals surface area contributed by atoms with Gasteiger partial charge in [0.1, 0.15) is 0 Å². The first-order valence-electron chi connectivity index (χ1n) is 6.37. The largest absolute Gasteiger partial charge is 0.416 e. The van der Waals surface area contributed by atoms with E-state index in [0.717, 1.165) is 36.4 Å². The van der Waals surface area contributed by atoms with Gasteiger partial charge in [0.15, 0.2) is 0 Å². The summed E-state index contributed by atoms with van der Waals surface area (Å²) in [6.45, 7) is 0. The van der Waals surface area contributed by atoms with Crippen molar-refractivity contribution < 1.29 is 26.3 Å². The lowest BCUT2D eigenvalue weighted by atomic mass is 9.94. The summed E-state index contributed by atoms with van der Waals surface area (Å²) >= 11 is 0. The fourth-order valence-electron chi connectivity index (χ4n) is 2.12. The molecular formula is C16H9F6N. The Hall–Kier alpha value is -2.49. The maximum atomic E-state index is 12.8. The van der Waals surface area contributed by atoms with Gasteiger partial charge in [0.2, 0.25) is 0 Å². The predicted octanol–water partition coefficient (Wildman–Crippen LogP) is 5.46. The molecule has 0 saturated heterocycles. The third-order valence-corrected chi connectivity index (χ3v) is 3.21. The molecule has 0 unspecified atom stereocenters. The molecule has 2 rings (SSSR count). The molecule has 23 heavy (non-hydrogen) atoms. The van der Waals surface area contributed by atoms with E-state index in [1.807, 2.05) is 0 Å². The summed E-state index contributed by atoms with van der Waals surface area (Å²) in [6, 6.07) is 8.49. The molecule has 0 N–H and O–H groups in total. The second-order valence-electron chi connectivity index (χ2n) is 4.78. The lowest BCUT2D eigenvalue weighted by Gasteiger charge is -2.14. The molecule has 0 aromatic heterocycles. The second kappa shape index (κ2) is 5.95. The van der Waals surface area contributed by atoms with Crippen molar-refractivity contribution in [3.8, 4) is 17.2 Å². The number of hydrogen-bond donors (Lipinski definition) is 0. The molecule has 0 aliphatic carbocycles. The topological polar surface area (TPSA) is 23.8 Å². The van der Waals surface area contributed by atoms with E-state index in [9.17, 15) is 26.3 Å². The predicted molar refractivity (Wildman–Crippen MR) is 71.2 cm³/mol. The van der Waals surface area contributed by atoms with Gasteiger partial charge in [-0.2, -0.15) is 31.6 Å². The Morgan fingerprint density at radius 2 is 1.43 bits per heavy atom. The zero-order valence-electron chi connectivity index (χ0n) is 11.5. The van der Waals surface area contributed by atoms with E-state index in [0.29, 0.717) is 0 Å². The summed E-state index contributed by atoms with van der Waals surface area (Å²) in [5.41, 5.74) is -1.76. The van der Waals surface area contributed by atoms with Crippen LogP contribution in [0.1, 0.15) is 16.7 Å². The third kappa shape index (κ3) is 3.83. The molecule has 120 valence electrons. The maximum Gasteiger partial charge on any atom is 0.416 e. The van der Waals surface area contributed by atoms with E-state index < -0.39 is 23.5 Å². The highest BCUT2D eigenvalue weighted by atomic mass is 19.4. The monoisotopic (exact) mass is 329 g/mol. The SMILES string of the molecule is N#CCc1ccc(C(F)(F)F)cc1-c1cccc(C(F)(F)F)c1. The lowest BCUT2D eigenvalue weighted by Crippen LogP contribution is -2.07. The van der Waals surface area contributed by atoms with Crippen LogP contribution in [0.25, 0.3) is 11.1 Å². The molecule has 0 radical (unpaired) electrons. The van der Waals surface area contributed by atoms with E-state index in [-0.39, 0.29) is 23.1 Å². The number of hydrogen-bond acceptors (Lipinski definition) is 1. The van der Waals surface area contributed by atoms with Crippen molar-refractivity contribution >= 4 is 0 Å².